The van der Waals surface area contributed by atoms with Crippen LogP contribution in [0.2, 0.25) is 0 Å². The van der Waals surface area contributed by atoms with Crippen molar-refractivity contribution in [1.29, 1.82) is 0 Å². The molecule has 0 radical (unpaired) electrons. The Morgan fingerprint density at radius 2 is 0.818 bits per heavy atom. The van der Waals surface area contributed by atoms with Gasteiger partial charge in [0.05, 0.1) is 11.0 Å². The molecule has 0 N–H and O–H groups in total. The van der Waals surface area contributed by atoms with Crippen LogP contribution in [0.5, 0.6) is 0 Å². The first kappa shape index (κ1) is 45.2. The highest BCUT2D eigenvalue weighted by molar-refractivity contribution is 6.11. The van der Waals surface area contributed by atoms with E-state index < -0.39 is 0 Å². The van der Waals surface area contributed by atoms with Gasteiger partial charge >= 0.3 is 0 Å². The fourth-order valence-corrected chi connectivity index (χ4v) is 13.4. The smallest absolute Gasteiger partial charge is 0.135 e. The third kappa shape index (κ3) is 6.96. The highest BCUT2D eigenvalue weighted by atomic mass is 16.3. The first-order valence-corrected chi connectivity index (χ1v) is 27.0. The van der Waals surface area contributed by atoms with Crippen molar-refractivity contribution in [2.45, 2.75) is 52.4 Å². The maximum Gasteiger partial charge on any atom is 0.135 e. The van der Waals surface area contributed by atoms with E-state index >= 15 is 0 Å². The molecule has 0 saturated heterocycles. The Bertz CT molecular complexity index is 4560. The van der Waals surface area contributed by atoms with E-state index in [4.69, 9.17) is 4.42 Å². The summed E-state index contributed by atoms with van der Waals surface area (Å²) in [7, 11) is 0. The van der Waals surface area contributed by atoms with E-state index in [1.54, 1.807) is 0 Å². The van der Waals surface area contributed by atoms with Crippen molar-refractivity contribution >= 4 is 60.8 Å². The quantitative estimate of drug-likeness (QED) is 0.159. The first-order valence-electron chi connectivity index (χ1n) is 27.0. The summed E-state index contributed by atoms with van der Waals surface area (Å²) >= 11 is 0. The Morgan fingerprint density at radius 1 is 0.325 bits per heavy atom. The van der Waals surface area contributed by atoms with Crippen molar-refractivity contribution in [1.82, 2.24) is 4.57 Å². The zero-order chi connectivity index (χ0) is 51.9. The molecule has 2 aliphatic carbocycles. The number of anilines is 3. The largest absolute Gasteiger partial charge is 0.456 e. The first-order chi connectivity index (χ1) is 37.5. The van der Waals surface area contributed by atoms with E-state index in [9.17, 15) is 0 Å². The van der Waals surface area contributed by atoms with Crippen molar-refractivity contribution in [2.75, 3.05) is 4.90 Å². The van der Waals surface area contributed by atoms with Gasteiger partial charge in [0, 0.05) is 55.1 Å². The van der Waals surface area contributed by atoms with Gasteiger partial charge in [-0.05, 0) is 183 Å². The van der Waals surface area contributed by atoms with Crippen molar-refractivity contribution in [3.63, 3.8) is 0 Å². The molecule has 11 aromatic carbocycles. The highest BCUT2D eigenvalue weighted by Gasteiger charge is 2.37. The number of hydrogen-bond acceptors (Lipinski definition) is 2. The summed E-state index contributed by atoms with van der Waals surface area (Å²) in [6.07, 6.45) is 0. The summed E-state index contributed by atoms with van der Waals surface area (Å²) in [4.78, 5) is 2.41. The van der Waals surface area contributed by atoms with E-state index in [-0.39, 0.29) is 10.8 Å². The number of aromatic nitrogens is 1. The summed E-state index contributed by atoms with van der Waals surface area (Å²) in [6, 6.07) is 85.9. The molecule has 0 bridgehead atoms. The lowest BCUT2D eigenvalue weighted by Gasteiger charge is -2.28. The molecule has 2 heterocycles. The van der Waals surface area contributed by atoms with Gasteiger partial charge in [0.15, 0.2) is 0 Å². The third-order valence-electron chi connectivity index (χ3n) is 17.3. The molecule has 15 rings (SSSR count). The Morgan fingerprint density at radius 3 is 1.56 bits per heavy atom. The number of benzene rings is 11. The number of fused-ring (bicyclic) bond motifs is 12. The third-order valence-corrected chi connectivity index (χ3v) is 17.3. The monoisotopic (exact) mass is 988 g/mol. The van der Waals surface area contributed by atoms with Crippen molar-refractivity contribution in [3.8, 4) is 61.3 Å². The van der Waals surface area contributed by atoms with E-state index in [0.717, 1.165) is 50.1 Å². The minimum atomic E-state index is -0.165. The van der Waals surface area contributed by atoms with Gasteiger partial charge in [-0.25, -0.2) is 0 Å². The van der Waals surface area contributed by atoms with Crippen LogP contribution in [0.1, 0.15) is 61.1 Å². The molecular formula is C74H56N2O. The summed E-state index contributed by atoms with van der Waals surface area (Å²) in [6.45, 7) is 13.9. The average Bonchev–Trinajstić information content (AvgIpc) is 4.13. The standard InChI is InChI=1S/C74H56N2O/c1-45-37-46(2)39-52(38-45)51-23-32-58-60-34-31-56(44-68(60)74(5,6)66(58)42-51)76-69-17-11-8-14-61(69)63-40-49(24-35-70(63)76)47-19-26-53(27-20-47)75(55-30-33-59-57-13-7-10-16-65(57)73(3,4)67(59)43-55)54-28-21-48(22-29-54)50-25-36-72-64(41-50)62-15-9-12-18-71(62)77-72/h7-44H,1-6H3. The lowest BCUT2D eigenvalue weighted by molar-refractivity contribution is 0.660. The Kier molecular flexibility index (Phi) is 9.79. The summed E-state index contributed by atoms with van der Waals surface area (Å²) < 4.78 is 8.65. The van der Waals surface area contributed by atoms with Crippen LogP contribution in [0.25, 0.3) is 105 Å². The van der Waals surface area contributed by atoms with Gasteiger partial charge in [-0.15, -0.1) is 0 Å². The maximum absolute atomic E-state index is 6.18. The SMILES string of the molecule is Cc1cc(C)cc(-c2ccc3c(c2)C(C)(C)c2cc(-n4c5ccccc5c5cc(-c6ccc(N(c7ccc(-c8ccc9oc%10ccccc%10c9c8)cc7)c7ccc8c(c7)C(C)(C)c7ccccc7-8)cc6)ccc54)ccc2-3)c1. The van der Waals surface area contributed by atoms with Crippen molar-refractivity contribution in [3.05, 3.63) is 264 Å². The minimum absolute atomic E-state index is 0.131. The second-order valence-electron chi connectivity index (χ2n) is 22.7. The highest BCUT2D eigenvalue weighted by Crippen LogP contribution is 2.53. The van der Waals surface area contributed by atoms with Crippen LogP contribution in [0.15, 0.2) is 235 Å². The van der Waals surface area contributed by atoms with E-state index in [2.05, 4.69) is 269 Å². The fraction of sp³-hybridized carbons (Fsp3) is 0.108. The molecule has 368 valence electrons. The van der Waals surface area contributed by atoms with Gasteiger partial charge in [0.25, 0.3) is 0 Å². The summed E-state index contributed by atoms with van der Waals surface area (Å²) in [5.41, 5.74) is 29.0. The molecule has 0 fully saturated rings. The predicted octanol–water partition coefficient (Wildman–Crippen LogP) is 20.4. The Hall–Kier alpha value is -9.18. The van der Waals surface area contributed by atoms with Gasteiger partial charge in [-0.2, -0.15) is 0 Å². The molecule has 0 spiro atoms. The van der Waals surface area contributed by atoms with Crippen molar-refractivity contribution < 1.29 is 4.42 Å². The van der Waals surface area contributed by atoms with Crippen LogP contribution in [0.4, 0.5) is 17.1 Å². The zero-order valence-electron chi connectivity index (χ0n) is 44.2. The molecular weight excluding hydrogens is 933 g/mol. The lowest BCUT2D eigenvalue weighted by atomic mass is 9.81. The molecule has 0 aliphatic heterocycles. The molecule has 77 heavy (non-hydrogen) atoms. The van der Waals surface area contributed by atoms with E-state index in [1.165, 1.54) is 105 Å². The Labute approximate surface area is 449 Å². The topological polar surface area (TPSA) is 21.3 Å². The van der Waals surface area contributed by atoms with Crippen LogP contribution in [0.3, 0.4) is 0 Å². The number of para-hydroxylation sites is 2. The van der Waals surface area contributed by atoms with Gasteiger partial charge in [-0.1, -0.05) is 178 Å². The van der Waals surface area contributed by atoms with Gasteiger partial charge in [0.1, 0.15) is 11.2 Å². The molecule has 3 heteroatoms. The molecule has 0 amide bonds. The molecule has 2 aromatic heterocycles. The molecule has 13 aromatic rings. The predicted molar refractivity (Wildman–Crippen MR) is 324 cm³/mol. The van der Waals surface area contributed by atoms with Crippen molar-refractivity contribution in [2.24, 2.45) is 0 Å². The number of furan rings is 1. The van der Waals surface area contributed by atoms with Gasteiger partial charge in [-0.3, -0.25) is 0 Å². The molecule has 0 atom stereocenters. The summed E-state index contributed by atoms with van der Waals surface area (Å²) in [5.74, 6) is 0. The van der Waals surface area contributed by atoms with Gasteiger partial charge in [0.2, 0.25) is 0 Å². The van der Waals surface area contributed by atoms with Gasteiger partial charge < -0.3 is 13.9 Å². The Balaban J connectivity index is 0.791. The molecule has 2 aliphatic rings. The second kappa shape index (κ2) is 16.7. The second-order valence-corrected chi connectivity index (χ2v) is 22.7. The van der Waals surface area contributed by atoms with E-state index in [0.29, 0.717) is 0 Å². The number of rotatable bonds is 7. The summed E-state index contributed by atoms with van der Waals surface area (Å²) in [5, 5.41) is 4.76. The average molecular weight is 989 g/mol. The lowest BCUT2D eigenvalue weighted by Crippen LogP contribution is -2.16. The van der Waals surface area contributed by atoms with E-state index in [1.807, 2.05) is 12.1 Å². The van der Waals surface area contributed by atoms with Crippen LogP contribution in [-0.2, 0) is 10.8 Å². The van der Waals surface area contributed by atoms with Crippen LogP contribution < -0.4 is 4.90 Å². The van der Waals surface area contributed by atoms with Crippen LogP contribution in [0, 0.1) is 13.8 Å². The maximum atomic E-state index is 6.18. The fourth-order valence-electron chi connectivity index (χ4n) is 13.4. The molecule has 3 nitrogen and oxygen atoms in total. The zero-order valence-corrected chi connectivity index (χ0v) is 44.2. The molecule has 0 unspecified atom stereocenters. The number of hydrogen-bond donors (Lipinski definition) is 0. The minimum Gasteiger partial charge on any atom is -0.456 e. The molecule has 0 saturated carbocycles. The number of aryl methyl sites for hydroxylation is 2. The van der Waals surface area contributed by atoms with Crippen LogP contribution >= 0.6 is 0 Å². The van der Waals surface area contributed by atoms with Crippen LogP contribution in [-0.4, -0.2) is 4.57 Å². The number of nitrogens with zero attached hydrogens (tertiary/aromatic N) is 2. The normalized spacial score (nSPS) is 13.8.